The highest BCUT2D eigenvalue weighted by molar-refractivity contribution is 5.94. The van der Waals surface area contributed by atoms with Crippen molar-refractivity contribution in [3.63, 3.8) is 0 Å². The average molecular weight is 644 g/mol. The van der Waals surface area contributed by atoms with Crippen molar-refractivity contribution in [2.45, 2.75) is 82.3 Å². The van der Waals surface area contributed by atoms with Gasteiger partial charge in [-0.05, 0) is 17.9 Å². The minimum atomic E-state index is -2.45. The third kappa shape index (κ3) is 3.11. The fraction of sp³-hybridized carbons (Fsp3) is 0.688. The minimum Gasteiger partial charge on any atom is -0.456 e. The summed E-state index contributed by atoms with van der Waals surface area (Å²) >= 11 is 0. The van der Waals surface area contributed by atoms with Gasteiger partial charge >= 0.3 is 24.0 Å². The molecule has 248 valence electrons. The lowest BCUT2D eigenvalue weighted by Crippen LogP contribution is -2.67. The van der Waals surface area contributed by atoms with Gasteiger partial charge in [0.2, 0.25) is 11.9 Å². The number of benzene rings is 1. The van der Waals surface area contributed by atoms with Gasteiger partial charge in [0.15, 0.2) is 23.9 Å². The van der Waals surface area contributed by atoms with Crippen molar-refractivity contribution in [2.24, 2.45) is 28.1 Å². The first-order valence-corrected chi connectivity index (χ1v) is 15.7. The first-order chi connectivity index (χ1) is 21.8. The van der Waals surface area contributed by atoms with E-state index >= 15 is 0 Å². The molecule has 46 heavy (non-hydrogen) atoms. The SMILES string of the molecule is C[C@@H]1C(=O)OC2[C@H](OC(=O)N3CCOCC3)C34C5OC(=O)C3(OC3OC(=O)[C@H](OCc6ccccc6)C34[C@H](C(C)(C)C)[C@H]5O)[C@]21O. The molecule has 7 fully saturated rings. The summed E-state index contributed by atoms with van der Waals surface area (Å²) in [5.41, 5.74) is -8.74. The number of hydrogen-bond acceptors (Lipinski definition) is 13. The van der Waals surface area contributed by atoms with Gasteiger partial charge in [0.1, 0.15) is 11.5 Å². The molecule has 5 saturated heterocycles. The molecule has 6 unspecified atom stereocenters. The Morgan fingerprint density at radius 2 is 1.72 bits per heavy atom. The molecule has 2 aliphatic carbocycles. The van der Waals surface area contributed by atoms with Gasteiger partial charge < -0.3 is 48.3 Å². The van der Waals surface area contributed by atoms with Crippen LogP contribution in [0.5, 0.6) is 0 Å². The van der Waals surface area contributed by atoms with Gasteiger partial charge in [-0.15, -0.1) is 0 Å². The predicted octanol–water partition coefficient (Wildman–Crippen LogP) is 0.302. The molecule has 7 aliphatic rings. The van der Waals surface area contributed by atoms with Gasteiger partial charge in [0.25, 0.3) is 0 Å². The van der Waals surface area contributed by atoms with Crippen LogP contribution in [-0.4, -0.2) is 113 Å². The lowest BCUT2D eigenvalue weighted by molar-refractivity contribution is -0.240. The van der Waals surface area contributed by atoms with Crippen molar-refractivity contribution in [3.8, 4) is 0 Å². The molecule has 0 radical (unpaired) electrons. The lowest BCUT2D eigenvalue weighted by atomic mass is 9.50. The van der Waals surface area contributed by atoms with Crippen molar-refractivity contribution < 1.29 is 62.5 Å². The van der Waals surface area contributed by atoms with Crippen LogP contribution in [0.3, 0.4) is 0 Å². The summed E-state index contributed by atoms with van der Waals surface area (Å²) in [5.74, 6) is -5.00. The van der Waals surface area contributed by atoms with Crippen LogP contribution in [0.25, 0.3) is 0 Å². The van der Waals surface area contributed by atoms with Crippen molar-refractivity contribution in [2.75, 3.05) is 26.3 Å². The molecule has 1 aromatic rings. The third-order valence-electron chi connectivity index (χ3n) is 11.6. The quantitative estimate of drug-likeness (QED) is 0.339. The van der Waals surface area contributed by atoms with Crippen LogP contribution in [-0.2, 0) is 54.1 Å². The number of nitrogens with zero attached hydrogens (tertiary/aromatic N) is 1. The molecule has 14 heteroatoms. The Morgan fingerprint density at radius 3 is 2.39 bits per heavy atom. The molecule has 1 aromatic carbocycles. The summed E-state index contributed by atoms with van der Waals surface area (Å²) in [6.07, 6.45) is -9.98. The first-order valence-electron chi connectivity index (χ1n) is 15.7. The summed E-state index contributed by atoms with van der Waals surface area (Å²) in [7, 11) is 0. The molecule has 12 atom stereocenters. The van der Waals surface area contributed by atoms with E-state index in [2.05, 4.69) is 0 Å². The van der Waals surface area contributed by atoms with Crippen molar-refractivity contribution in [1.29, 1.82) is 0 Å². The molecule has 2 N–H and O–H groups in total. The maximum Gasteiger partial charge on any atom is 0.410 e. The minimum absolute atomic E-state index is 0.0537. The van der Waals surface area contributed by atoms with E-state index in [0.717, 1.165) is 5.56 Å². The number of amides is 1. The topological polar surface area (TPSA) is 177 Å². The molecule has 5 aliphatic heterocycles. The summed E-state index contributed by atoms with van der Waals surface area (Å²) in [6, 6.07) is 9.10. The summed E-state index contributed by atoms with van der Waals surface area (Å²) in [4.78, 5) is 56.7. The monoisotopic (exact) mass is 643 g/mol. The van der Waals surface area contributed by atoms with E-state index in [1.807, 2.05) is 51.1 Å². The summed E-state index contributed by atoms with van der Waals surface area (Å²) in [6.45, 7) is 7.82. The molecule has 1 amide bonds. The maximum absolute atomic E-state index is 14.3. The van der Waals surface area contributed by atoms with Gasteiger partial charge in [-0.25, -0.2) is 14.4 Å². The number of rotatable bonds is 4. The van der Waals surface area contributed by atoms with E-state index in [4.69, 9.17) is 33.2 Å². The Hall–Kier alpha value is -3.30. The third-order valence-corrected chi connectivity index (χ3v) is 11.6. The van der Waals surface area contributed by atoms with Crippen LogP contribution in [0.1, 0.15) is 33.3 Å². The van der Waals surface area contributed by atoms with Gasteiger partial charge in [0.05, 0.1) is 37.3 Å². The van der Waals surface area contributed by atoms with Crippen LogP contribution in [0.15, 0.2) is 30.3 Å². The van der Waals surface area contributed by atoms with E-state index < -0.39 is 100 Å². The standard InChI is InChI=1S/C32H37NO13/c1-15-23(35)42-21-20(44-27(38)33-10-12-40-13-11-33)30-19-17(34)18(28(2,3)4)29(30)22(41-14-16-8-6-5-7-9-16)24(36)45-26(29)46-32(30,25(37)43-19)31(15,21)39/h5-9,15,17-22,26,34,39H,10-14H2,1-4H3/t15-,17-,18+,19?,20+,21?,22+,26?,29?,30?,31-,32?/m1/s1. The molecule has 2 spiro atoms. The number of ether oxygens (including phenoxy) is 7. The molecule has 2 saturated carbocycles. The highest BCUT2D eigenvalue weighted by Crippen LogP contribution is 2.85. The Balaban J connectivity index is 1.38. The van der Waals surface area contributed by atoms with Crippen LogP contribution in [0.4, 0.5) is 4.79 Å². The number of morpholine rings is 1. The number of fused-ring (bicyclic) bond motifs is 1. The average Bonchev–Trinajstić information content (AvgIpc) is 3.72. The van der Waals surface area contributed by atoms with Gasteiger partial charge in [-0.2, -0.15) is 0 Å². The normalized spacial score (nSPS) is 46.7. The molecular formula is C32H37NO13. The fourth-order valence-electron chi connectivity index (χ4n) is 10.2. The largest absolute Gasteiger partial charge is 0.456 e. The smallest absolute Gasteiger partial charge is 0.410 e. The number of carbonyl (C=O) groups is 4. The van der Waals surface area contributed by atoms with Crippen LogP contribution >= 0.6 is 0 Å². The van der Waals surface area contributed by atoms with Crippen LogP contribution < -0.4 is 0 Å². The lowest BCUT2D eigenvalue weighted by Gasteiger charge is -2.49. The number of carbonyl (C=O) groups excluding carboxylic acids is 4. The molecular weight excluding hydrogens is 606 g/mol. The van der Waals surface area contributed by atoms with Crippen molar-refractivity contribution in [3.05, 3.63) is 35.9 Å². The second-order valence-electron chi connectivity index (χ2n) is 14.5. The Kier molecular flexibility index (Phi) is 6.15. The summed E-state index contributed by atoms with van der Waals surface area (Å²) in [5, 5.41) is 25.0. The zero-order chi connectivity index (χ0) is 32.6. The van der Waals surface area contributed by atoms with Gasteiger partial charge in [-0.3, -0.25) is 4.79 Å². The Morgan fingerprint density at radius 1 is 1.02 bits per heavy atom. The number of hydrogen-bond donors (Lipinski definition) is 2. The molecule has 8 rings (SSSR count). The Bertz CT molecular complexity index is 1510. The highest BCUT2D eigenvalue weighted by Gasteiger charge is 3.06. The van der Waals surface area contributed by atoms with Crippen molar-refractivity contribution >= 4 is 24.0 Å². The van der Waals surface area contributed by atoms with E-state index in [1.165, 1.54) is 11.8 Å². The molecule has 0 bridgehead atoms. The zero-order valence-corrected chi connectivity index (χ0v) is 25.9. The van der Waals surface area contributed by atoms with Crippen LogP contribution in [0.2, 0.25) is 0 Å². The zero-order valence-electron chi connectivity index (χ0n) is 25.9. The van der Waals surface area contributed by atoms with Crippen LogP contribution in [0, 0.1) is 28.1 Å². The number of esters is 3. The van der Waals surface area contributed by atoms with E-state index in [-0.39, 0.29) is 32.9 Å². The molecule has 0 aromatic heterocycles. The maximum atomic E-state index is 14.3. The second kappa shape index (κ2) is 9.41. The second-order valence-corrected chi connectivity index (χ2v) is 14.5. The fourth-order valence-corrected chi connectivity index (χ4v) is 10.2. The number of aliphatic hydroxyl groups excluding tert-OH is 1. The van der Waals surface area contributed by atoms with E-state index in [9.17, 15) is 29.4 Å². The van der Waals surface area contributed by atoms with Gasteiger partial charge in [0, 0.05) is 19.0 Å². The van der Waals surface area contributed by atoms with E-state index in [1.54, 1.807) is 0 Å². The predicted molar refractivity (Wildman–Crippen MR) is 149 cm³/mol. The molecule has 5 heterocycles. The van der Waals surface area contributed by atoms with Gasteiger partial charge in [-0.1, -0.05) is 51.1 Å². The summed E-state index contributed by atoms with van der Waals surface area (Å²) < 4.78 is 42.3. The Labute approximate surface area is 264 Å². The highest BCUT2D eigenvalue weighted by atomic mass is 16.8. The molecule has 14 nitrogen and oxygen atoms in total. The van der Waals surface area contributed by atoms with Crippen molar-refractivity contribution in [1.82, 2.24) is 4.90 Å². The first kappa shape index (κ1) is 30.1. The van der Waals surface area contributed by atoms with E-state index in [0.29, 0.717) is 0 Å². The number of aliphatic hydroxyl groups is 2.